The average Bonchev–Trinajstić information content (AvgIpc) is 2.63. The highest BCUT2D eigenvalue weighted by Crippen LogP contribution is 2.27. The number of benzene rings is 2. The molecule has 0 saturated heterocycles. The molecule has 29 heavy (non-hydrogen) atoms. The maximum absolute atomic E-state index is 12.4. The van der Waals surface area contributed by atoms with Gasteiger partial charge in [-0.15, -0.1) is 0 Å². The van der Waals surface area contributed by atoms with E-state index in [2.05, 4.69) is 29.2 Å². The highest BCUT2D eigenvalue weighted by atomic mass is 32.2. The van der Waals surface area contributed by atoms with Gasteiger partial charge >= 0.3 is 0 Å². The fraction of sp³-hybridized carbons (Fsp3) is 0.333. The van der Waals surface area contributed by atoms with Gasteiger partial charge in [0.1, 0.15) is 0 Å². The second-order valence-corrected chi connectivity index (χ2v) is 8.86. The van der Waals surface area contributed by atoms with E-state index in [4.69, 9.17) is 0 Å². The molecule has 2 aromatic carbocycles. The van der Waals surface area contributed by atoms with Crippen LogP contribution in [-0.4, -0.2) is 26.8 Å². The van der Waals surface area contributed by atoms with E-state index < -0.39 is 10.0 Å². The van der Waals surface area contributed by atoms with Crippen LogP contribution in [0.5, 0.6) is 0 Å². The fourth-order valence-corrected chi connectivity index (χ4v) is 3.88. The minimum atomic E-state index is -3.75. The van der Waals surface area contributed by atoms with Crippen molar-refractivity contribution in [2.24, 2.45) is 0 Å². The molecule has 7 nitrogen and oxygen atoms in total. The van der Waals surface area contributed by atoms with E-state index in [0.29, 0.717) is 5.69 Å². The standard InChI is InChI=1S/C21H27N3O4S/c1-14(2)19-7-5-6-15(3)21(19)24-20(26)12-13-22-29(27,28)18-10-8-17(9-11-18)23-16(4)25/h5-11,14,22H,12-13H2,1-4H3,(H,23,25)(H,24,26). The van der Waals surface area contributed by atoms with E-state index in [1.165, 1.54) is 31.2 Å². The van der Waals surface area contributed by atoms with Crippen LogP contribution < -0.4 is 15.4 Å². The summed E-state index contributed by atoms with van der Waals surface area (Å²) < 4.78 is 27.2. The van der Waals surface area contributed by atoms with Crippen LogP contribution in [0.25, 0.3) is 0 Å². The van der Waals surface area contributed by atoms with E-state index >= 15 is 0 Å². The van der Waals surface area contributed by atoms with Crippen molar-refractivity contribution in [2.75, 3.05) is 17.2 Å². The molecule has 8 heteroatoms. The summed E-state index contributed by atoms with van der Waals surface area (Å²) in [6, 6.07) is 11.7. The van der Waals surface area contributed by atoms with Crippen molar-refractivity contribution >= 4 is 33.2 Å². The highest BCUT2D eigenvalue weighted by Gasteiger charge is 2.16. The maximum atomic E-state index is 12.4. The first-order valence-corrected chi connectivity index (χ1v) is 10.8. The van der Waals surface area contributed by atoms with Crippen molar-refractivity contribution in [2.45, 2.75) is 44.9 Å². The number of sulfonamides is 1. The first-order valence-electron chi connectivity index (χ1n) is 9.37. The lowest BCUT2D eigenvalue weighted by atomic mass is 9.98. The van der Waals surface area contributed by atoms with Gasteiger partial charge in [0.25, 0.3) is 0 Å². The van der Waals surface area contributed by atoms with Gasteiger partial charge in [0.15, 0.2) is 0 Å². The number of hydrogen-bond donors (Lipinski definition) is 3. The van der Waals surface area contributed by atoms with Crippen LogP contribution in [0.2, 0.25) is 0 Å². The van der Waals surface area contributed by atoms with Crippen molar-refractivity contribution in [3.05, 3.63) is 53.6 Å². The van der Waals surface area contributed by atoms with E-state index in [0.717, 1.165) is 16.8 Å². The molecule has 0 aromatic heterocycles. The molecule has 0 atom stereocenters. The second kappa shape index (κ2) is 9.67. The molecular formula is C21H27N3O4S. The average molecular weight is 418 g/mol. The third-order valence-corrected chi connectivity index (χ3v) is 5.80. The van der Waals surface area contributed by atoms with Gasteiger partial charge in [-0.05, 0) is 48.2 Å². The molecular weight excluding hydrogens is 390 g/mol. The quantitative estimate of drug-likeness (QED) is 0.612. The molecule has 0 heterocycles. The predicted molar refractivity (Wildman–Crippen MR) is 114 cm³/mol. The Labute approximate surface area is 172 Å². The summed E-state index contributed by atoms with van der Waals surface area (Å²) in [5, 5.41) is 5.47. The molecule has 0 spiro atoms. The Morgan fingerprint density at radius 3 is 2.24 bits per heavy atom. The number of anilines is 2. The number of carbonyl (C=O) groups is 2. The summed E-state index contributed by atoms with van der Waals surface area (Å²) in [5.74, 6) is -0.243. The van der Waals surface area contributed by atoms with E-state index in [1.54, 1.807) is 0 Å². The lowest BCUT2D eigenvalue weighted by Gasteiger charge is -2.16. The molecule has 0 aliphatic rings. The number of nitrogens with one attached hydrogen (secondary N) is 3. The molecule has 2 aromatic rings. The zero-order valence-electron chi connectivity index (χ0n) is 17.1. The van der Waals surface area contributed by atoms with Crippen LogP contribution >= 0.6 is 0 Å². The lowest BCUT2D eigenvalue weighted by Crippen LogP contribution is -2.28. The van der Waals surface area contributed by atoms with Gasteiger partial charge in [-0.1, -0.05) is 32.0 Å². The topological polar surface area (TPSA) is 104 Å². The maximum Gasteiger partial charge on any atom is 0.240 e. The van der Waals surface area contributed by atoms with Gasteiger partial charge in [-0.3, -0.25) is 9.59 Å². The summed E-state index contributed by atoms with van der Waals surface area (Å²) in [5.41, 5.74) is 3.29. The monoisotopic (exact) mass is 417 g/mol. The van der Waals surface area contributed by atoms with Crippen LogP contribution in [0.15, 0.2) is 47.4 Å². The largest absolute Gasteiger partial charge is 0.326 e. The van der Waals surface area contributed by atoms with Gasteiger partial charge in [-0.2, -0.15) is 0 Å². The Bertz CT molecular complexity index is 983. The summed E-state index contributed by atoms with van der Waals surface area (Å²) in [7, 11) is -3.75. The van der Waals surface area contributed by atoms with Crippen molar-refractivity contribution in [3.8, 4) is 0 Å². The third kappa shape index (κ3) is 6.40. The number of aryl methyl sites for hydroxylation is 1. The summed E-state index contributed by atoms with van der Waals surface area (Å²) in [6.45, 7) is 7.38. The van der Waals surface area contributed by atoms with Crippen LogP contribution in [0.4, 0.5) is 11.4 Å². The Balaban J connectivity index is 1.95. The smallest absolute Gasteiger partial charge is 0.240 e. The van der Waals surface area contributed by atoms with Gasteiger partial charge in [0.05, 0.1) is 4.90 Å². The fourth-order valence-electron chi connectivity index (χ4n) is 2.85. The van der Waals surface area contributed by atoms with Crippen LogP contribution in [0, 0.1) is 6.92 Å². The number of rotatable bonds is 8. The van der Waals surface area contributed by atoms with Gasteiger partial charge in [0, 0.05) is 31.3 Å². The van der Waals surface area contributed by atoms with Crippen molar-refractivity contribution in [1.29, 1.82) is 0 Å². The van der Waals surface area contributed by atoms with Crippen LogP contribution in [-0.2, 0) is 19.6 Å². The summed E-state index contributed by atoms with van der Waals surface area (Å²) in [6.07, 6.45) is 0.00900. The summed E-state index contributed by atoms with van der Waals surface area (Å²) >= 11 is 0. The van der Waals surface area contributed by atoms with Crippen molar-refractivity contribution < 1.29 is 18.0 Å². The molecule has 3 N–H and O–H groups in total. The van der Waals surface area contributed by atoms with Gasteiger partial charge < -0.3 is 10.6 Å². The minimum absolute atomic E-state index is 0.00900. The normalized spacial score (nSPS) is 11.3. The van der Waals surface area contributed by atoms with Gasteiger partial charge in [0.2, 0.25) is 21.8 Å². The van der Waals surface area contributed by atoms with Crippen molar-refractivity contribution in [1.82, 2.24) is 4.72 Å². The van der Waals surface area contributed by atoms with Crippen LogP contribution in [0.3, 0.4) is 0 Å². The number of hydrogen-bond acceptors (Lipinski definition) is 4. The molecule has 0 saturated carbocycles. The minimum Gasteiger partial charge on any atom is -0.326 e. The summed E-state index contributed by atoms with van der Waals surface area (Å²) in [4.78, 5) is 23.4. The third-order valence-electron chi connectivity index (χ3n) is 4.32. The molecule has 2 amide bonds. The highest BCUT2D eigenvalue weighted by molar-refractivity contribution is 7.89. The number of para-hydroxylation sites is 1. The first kappa shape index (κ1) is 22.6. The molecule has 0 bridgehead atoms. The van der Waals surface area contributed by atoms with E-state index in [9.17, 15) is 18.0 Å². The van der Waals surface area contributed by atoms with Crippen molar-refractivity contribution in [3.63, 3.8) is 0 Å². The lowest BCUT2D eigenvalue weighted by molar-refractivity contribution is -0.116. The first-order chi connectivity index (χ1) is 13.6. The number of carbonyl (C=O) groups excluding carboxylic acids is 2. The Kier molecular flexibility index (Phi) is 7.53. The molecule has 156 valence electrons. The number of amides is 2. The van der Waals surface area contributed by atoms with Crippen LogP contribution in [0.1, 0.15) is 44.2 Å². The molecule has 0 radical (unpaired) electrons. The Morgan fingerprint density at radius 2 is 1.66 bits per heavy atom. The van der Waals surface area contributed by atoms with Gasteiger partial charge in [-0.25, -0.2) is 13.1 Å². The zero-order chi connectivity index (χ0) is 21.6. The molecule has 0 aliphatic heterocycles. The molecule has 0 fully saturated rings. The predicted octanol–water partition coefficient (Wildman–Crippen LogP) is 3.38. The molecule has 0 unspecified atom stereocenters. The Hall–Kier alpha value is -2.71. The van der Waals surface area contributed by atoms with E-state index in [-0.39, 0.29) is 35.6 Å². The second-order valence-electron chi connectivity index (χ2n) is 7.10. The Morgan fingerprint density at radius 1 is 1.00 bits per heavy atom. The molecule has 0 aliphatic carbocycles. The SMILES string of the molecule is CC(=O)Nc1ccc(S(=O)(=O)NCCC(=O)Nc2c(C)cccc2C(C)C)cc1. The van der Waals surface area contributed by atoms with E-state index in [1.807, 2.05) is 25.1 Å². The molecule has 2 rings (SSSR count). The zero-order valence-corrected chi connectivity index (χ0v) is 17.9.